The van der Waals surface area contributed by atoms with Gasteiger partial charge in [-0.2, -0.15) is 0 Å². The molecule has 0 amide bonds. The van der Waals surface area contributed by atoms with Crippen molar-refractivity contribution in [3.63, 3.8) is 0 Å². The average molecular weight is 328 g/mol. The van der Waals surface area contributed by atoms with E-state index in [9.17, 15) is 10.2 Å². The van der Waals surface area contributed by atoms with Crippen molar-refractivity contribution < 1.29 is 10.2 Å². The van der Waals surface area contributed by atoms with Crippen molar-refractivity contribution >= 4 is 0 Å². The molecule has 1 aliphatic rings. The molecule has 138 valence electrons. The van der Waals surface area contributed by atoms with Gasteiger partial charge in [0.25, 0.3) is 0 Å². The van der Waals surface area contributed by atoms with Crippen molar-refractivity contribution in [3.8, 4) is 0 Å². The zero-order valence-electron chi connectivity index (χ0n) is 15.6. The van der Waals surface area contributed by atoms with Gasteiger partial charge in [0.15, 0.2) is 0 Å². The molecule has 0 saturated carbocycles. The predicted molar refractivity (Wildman–Crippen MR) is 98.7 cm³/mol. The number of hydrogen-bond donors (Lipinski definition) is 3. The lowest BCUT2D eigenvalue weighted by Crippen LogP contribution is -2.48. The van der Waals surface area contributed by atoms with Gasteiger partial charge in [-0.3, -0.25) is 0 Å². The minimum atomic E-state index is -0.140. The summed E-state index contributed by atoms with van der Waals surface area (Å²) in [4.78, 5) is 0. The first-order valence-electron chi connectivity index (χ1n) is 10.2. The van der Waals surface area contributed by atoms with E-state index in [-0.39, 0.29) is 18.2 Å². The second-order valence-electron chi connectivity index (χ2n) is 7.76. The van der Waals surface area contributed by atoms with Gasteiger partial charge in [-0.25, -0.2) is 0 Å². The summed E-state index contributed by atoms with van der Waals surface area (Å²) in [6, 6.07) is 0.907. The maximum atomic E-state index is 9.71. The predicted octanol–water partition coefficient (Wildman–Crippen LogP) is 4.55. The molecule has 0 spiro atoms. The lowest BCUT2D eigenvalue weighted by molar-refractivity contribution is 0.0849. The summed E-state index contributed by atoms with van der Waals surface area (Å²) in [5, 5.41) is 22.4. The second-order valence-corrected chi connectivity index (χ2v) is 7.76. The molecule has 0 aromatic rings. The van der Waals surface area contributed by atoms with Crippen LogP contribution in [0.5, 0.6) is 0 Å². The quantitative estimate of drug-likeness (QED) is 0.435. The van der Waals surface area contributed by atoms with Crippen molar-refractivity contribution in [2.75, 3.05) is 0 Å². The molecule has 23 heavy (non-hydrogen) atoms. The molecule has 0 aromatic heterocycles. The van der Waals surface area contributed by atoms with E-state index in [1.807, 2.05) is 6.92 Å². The van der Waals surface area contributed by atoms with E-state index in [1.54, 1.807) is 0 Å². The third-order valence-corrected chi connectivity index (χ3v) is 5.31. The third kappa shape index (κ3) is 11.1. The van der Waals surface area contributed by atoms with Gasteiger partial charge >= 0.3 is 0 Å². The topological polar surface area (TPSA) is 52.5 Å². The molecule has 0 aromatic carbocycles. The number of aliphatic hydroxyl groups excluding tert-OH is 2. The van der Waals surface area contributed by atoms with Crippen molar-refractivity contribution in [2.24, 2.45) is 0 Å². The molecular weight excluding hydrogens is 286 g/mol. The first kappa shape index (κ1) is 20.9. The number of aliphatic hydroxyl groups is 2. The Hall–Kier alpha value is -0.120. The van der Waals surface area contributed by atoms with E-state index in [0.717, 1.165) is 19.3 Å². The highest BCUT2D eigenvalue weighted by Gasteiger charge is 2.24. The van der Waals surface area contributed by atoms with E-state index < -0.39 is 0 Å². The minimum Gasteiger partial charge on any atom is -0.393 e. The fraction of sp³-hybridized carbons (Fsp3) is 1.00. The van der Waals surface area contributed by atoms with Crippen LogP contribution in [0.25, 0.3) is 0 Å². The lowest BCUT2D eigenvalue weighted by atomic mass is 9.93. The highest BCUT2D eigenvalue weighted by Crippen LogP contribution is 2.18. The molecule has 0 unspecified atom stereocenters. The Morgan fingerprint density at radius 3 is 1.91 bits per heavy atom. The Bertz CT molecular complexity index is 270. The number of hydrogen-bond acceptors (Lipinski definition) is 3. The molecular formula is C20H41NO2. The van der Waals surface area contributed by atoms with Gasteiger partial charge in [-0.1, -0.05) is 64.2 Å². The molecule has 0 bridgehead atoms. The van der Waals surface area contributed by atoms with Crippen molar-refractivity contribution in [2.45, 2.75) is 128 Å². The van der Waals surface area contributed by atoms with Gasteiger partial charge in [0, 0.05) is 12.1 Å². The summed E-state index contributed by atoms with van der Waals surface area (Å²) in [5.74, 6) is 0. The van der Waals surface area contributed by atoms with Crippen LogP contribution in [0.4, 0.5) is 0 Å². The molecule has 1 aliphatic heterocycles. The zero-order valence-corrected chi connectivity index (χ0v) is 15.6. The van der Waals surface area contributed by atoms with Crippen LogP contribution in [-0.4, -0.2) is 34.5 Å². The summed E-state index contributed by atoms with van der Waals surface area (Å²) in [7, 11) is 0. The Labute approximate surface area is 144 Å². The molecule has 3 nitrogen and oxygen atoms in total. The van der Waals surface area contributed by atoms with E-state index in [2.05, 4.69) is 12.2 Å². The second kappa shape index (κ2) is 13.2. The van der Waals surface area contributed by atoms with E-state index in [0.29, 0.717) is 6.04 Å². The van der Waals surface area contributed by atoms with Crippen molar-refractivity contribution in [1.82, 2.24) is 5.32 Å². The smallest absolute Gasteiger partial charge is 0.0691 e. The Morgan fingerprint density at radius 2 is 1.39 bits per heavy atom. The first-order chi connectivity index (χ1) is 11.1. The number of nitrogens with one attached hydrogen (secondary N) is 1. The fourth-order valence-corrected chi connectivity index (χ4v) is 3.66. The Kier molecular flexibility index (Phi) is 12.0. The van der Waals surface area contributed by atoms with Gasteiger partial charge in [0.1, 0.15) is 0 Å². The number of unbranched alkanes of at least 4 members (excludes halogenated alkanes) is 9. The molecule has 4 atom stereocenters. The number of rotatable bonds is 13. The maximum Gasteiger partial charge on any atom is 0.0691 e. The zero-order chi connectivity index (χ0) is 16.9. The van der Waals surface area contributed by atoms with Crippen molar-refractivity contribution in [3.05, 3.63) is 0 Å². The molecule has 1 heterocycles. The molecule has 0 aliphatic carbocycles. The van der Waals surface area contributed by atoms with E-state index in [1.165, 1.54) is 70.6 Å². The van der Waals surface area contributed by atoms with Crippen LogP contribution in [0, 0.1) is 0 Å². The van der Waals surface area contributed by atoms with Crippen LogP contribution in [0.15, 0.2) is 0 Å². The van der Waals surface area contributed by atoms with Gasteiger partial charge in [0.05, 0.1) is 12.2 Å². The van der Waals surface area contributed by atoms with Crippen LogP contribution in [0.1, 0.15) is 104 Å². The summed E-state index contributed by atoms with van der Waals surface area (Å²) in [5.41, 5.74) is 0. The molecule has 3 heteroatoms. The Morgan fingerprint density at radius 1 is 0.870 bits per heavy atom. The Balaban J connectivity index is 1.78. The van der Waals surface area contributed by atoms with Gasteiger partial charge in [-0.15, -0.1) is 0 Å². The SMILES string of the molecule is C[C@H](O)CCCCCCCCCCCC[C@H]1CC[C@H](O)[C@@H](C)N1. The van der Waals surface area contributed by atoms with E-state index >= 15 is 0 Å². The summed E-state index contributed by atoms with van der Waals surface area (Å²) < 4.78 is 0. The normalized spacial score (nSPS) is 26.3. The van der Waals surface area contributed by atoms with Gasteiger partial charge < -0.3 is 15.5 Å². The van der Waals surface area contributed by atoms with Crippen molar-refractivity contribution in [1.29, 1.82) is 0 Å². The monoisotopic (exact) mass is 327 g/mol. The average Bonchev–Trinajstić information content (AvgIpc) is 2.51. The molecule has 1 fully saturated rings. The lowest BCUT2D eigenvalue weighted by Gasteiger charge is -2.32. The highest BCUT2D eigenvalue weighted by atomic mass is 16.3. The third-order valence-electron chi connectivity index (χ3n) is 5.31. The van der Waals surface area contributed by atoms with Crippen LogP contribution in [-0.2, 0) is 0 Å². The largest absolute Gasteiger partial charge is 0.393 e. The molecule has 1 rings (SSSR count). The van der Waals surface area contributed by atoms with Gasteiger partial charge in [0.2, 0.25) is 0 Å². The van der Waals surface area contributed by atoms with Crippen LogP contribution >= 0.6 is 0 Å². The molecule has 1 saturated heterocycles. The van der Waals surface area contributed by atoms with E-state index in [4.69, 9.17) is 0 Å². The number of piperidine rings is 1. The molecule has 0 radical (unpaired) electrons. The van der Waals surface area contributed by atoms with Crippen LogP contribution in [0.3, 0.4) is 0 Å². The first-order valence-corrected chi connectivity index (χ1v) is 10.2. The summed E-state index contributed by atoms with van der Waals surface area (Å²) in [6.07, 6.45) is 17.5. The fourth-order valence-electron chi connectivity index (χ4n) is 3.66. The van der Waals surface area contributed by atoms with Crippen LogP contribution < -0.4 is 5.32 Å². The molecule has 3 N–H and O–H groups in total. The van der Waals surface area contributed by atoms with Crippen LogP contribution in [0.2, 0.25) is 0 Å². The summed E-state index contributed by atoms with van der Waals surface area (Å²) >= 11 is 0. The minimum absolute atomic E-state index is 0.118. The standard InChI is InChI=1S/C20H41NO2/c1-17(22)13-11-9-7-5-3-4-6-8-10-12-14-19-15-16-20(23)18(2)21-19/h17-23H,3-16H2,1-2H3/t17-,18+,19-,20-/m0/s1. The van der Waals surface area contributed by atoms with Gasteiger partial charge in [-0.05, 0) is 39.5 Å². The maximum absolute atomic E-state index is 9.71. The highest BCUT2D eigenvalue weighted by molar-refractivity contribution is 4.83. The summed E-state index contributed by atoms with van der Waals surface area (Å²) in [6.45, 7) is 3.98.